The Balaban J connectivity index is 2.97. The summed E-state index contributed by atoms with van der Waals surface area (Å²) in [6, 6.07) is 0. The van der Waals surface area contributed by atoms with Gasteiger partial charge in [0.25, 0.3) is 0 Å². The van der Waals surface area contributed by atoms with Crippen LogP contribution in [0.1, 0.15) is 38.3 Å². The van der Waals surface area contributed by atoms with Crippen LogP contribution in [-0.4, -0.2) is 30.1 Å². The summed E-state index contributed by atoms with van der Waals surface area (Å²) in [6.07, 6.45) is 2.72. The van der Waals surface area contributed by atoms with E-state index in [2.05, 4.69) is 9.97 Å². The number of aromatic nitrogens is 2. The number of ether oxygens (including phenoxy) is 1. The fraction of sp³-hybridized carbons (Fsp3) is 0.636. The molecule has 96 valence electrons. The fourth-order valence-electron chi connectivity index (χ4n) is 1.33. The molecule has 0 saturated carbocycles. The zero-order valence-electron chi connectivity index (χ0n) is 10.5. The van der Waals surface area contributed by atoms with E-state index in [1.54, 1.807) is 19.3 Å². The molecule has 0 aromatic carbocycles. The van der Waals surface area contributed by atoms with Crippen LogP contribution in [-0.2, 0) is 15.8 Å². The molecule has 1 unspecified atom stereocenters. The molecule has 0 amide bonds. The number of rotatable bonds is 5. The molecule has 0 fully saturated rings. The molecular formula is C11H18N2O3S. The molecule has 0 aliphatic carbocycles. The molecule has 5 nitrogen and oxygen atoms in total. The summed E-state index contributed by atoms with van der Waals surface area (Å²) in [5, 5.41) is -0.569. The van der Waals surface area contributed by atoms with Crippen LogP contribution in [0, 0.1) is 6.92 Å². The molecule has 1 aromatic rings. The molecule has 0 aliphatic rings. The fourth-order valence-corrected chi connectivity index (χ4v) is 1.73. The minimum Gasteiger partial charge on any atom is -0.366 e. The second-order valence-corrected chi connectivity index (χ2v) is 5.50. The van der Waals surface area contributed by atoms with Gasteiger partial charge in [-0.05, 0) is 33.3 Å². The van der Waals surface area contributed by atoms with Crippen LogP contribution in [0.5, 0.6) is 0 Å². The molecule has 1 aromatic heterocycles. The van der Waals surface area contributed by atoms with Crippen molar-refractivity contribution >= 4 is 11.1 Å². The van der Waals surface area contributed by atoms with E-state index in [4.69, 9.17) is 9.29 Å². The van der Waals surface area contributed by atoms with Gasteiger partial charge in [-0.2, -0.15) is 0 Å². The lowest BCUT2D eigenvalue weighted by Crippen LogP contribution is -2.27. The number of aryl methyl sites for hydroxylation is 1. The first-order valence-corrected chi connectivity index (χ1v) is 6.62. The predicted octanol–water partition coefficient (Wildman–Crippen LogP) is 1.86. The molecule has 3 atom stereocenters. The molecule has 0 aliphatic heterocycles. The zero-order valence-corrected chi connectivity index (χ0v) is 11.3. The summed E-state index contributed by atoms with van der Waals surface area (Å²) in [7, 11) is 0. The van der Waals surface area contributed by atoms with Crippen molar-refractivity contribution in [2.24, 2.45) is 0 Å². The van der Waals surface area contributed by atoms with Crippen molar-refractivity contribution in [1.29, 1.82) is 0 Å². The second kappa shape index (κ2) is 6.18. The van der Waals surface area contributed by atoms with Crippen molar-refractivity contribution < 1.29 is 13.5 Å². The minimum atomic E-state index is -1.97. The van der Waals surface area contributed by atoms with E-state index in [1.165, 1.54) is 0 Å². The van der Waals surface area contributed by atoms with E-state index in [1.807, 2.05) is 20.8 Å². The number of hydrogen-bond donors (Lipinski definition) is 1. The predicted molar refractivity (Wildman–Crippen MR) is 66.0 cm³/mol. The quantitative estimate of drug-likeness (QED) is 0.816. The highest BCUT2D eigenvalue weighted by Crippen LogP contribution is 2.22. The van der Waals surface area contributed by atoms with Gasteiger partial charge in [0.1, 0.15) is 6.10 Å². The normalized spacial score (nSPS) is 16.8. The molecule has 1 N–H and O–H groups in total. The lowest BCUT2D eigenvalue weighted by atomic mass is 10.2. The van der Waals surface area contributed by atoms with Gasteiger partial charge in [0.05, 0.1) is 11.4 Å². The molecule has 0 radical (unpaired) electrons. The Labute approximate surface area is 104 Å². The third-order valence-electron chi connectivity index (χ3n) is 2.22. The highest BCUT2D eigenvalue weighted by molar-refractivity contribution is 7.79. The Morgan fingerprint density at radius 2 is 1.82 bits per heavy atom. The lowest BCUT2D eigenvalue weighted by Gasteiger charge is -2.22. The van der Waals surface area contributed by atoms with Crippen molar-refractivity contribution in [2.45, 2.75) is 45.2 Å². The lowest BCUT2D eigenvalue weighted by molar-refractivity contribution is 0.00128. The Hall–Kier alpha value is -0.850. The molecule has 1 rings (SSSR count). The summed E-state index contributed by atoms with van der Waals surface area (Å²) in [6.45, 7) is 7.27. The standard InChI is InChI=1S/C11H18N2O3S/c1-7(2)16-10(9(4)17(14)15)11-12-5-8(3)6-13-11/h5-7,9-10H,1-4H3,(H,14,15)/t9-,10-/m0/s1. The Kier molecular flexibility index (Phi) is 5.17. The van der Waals surface area contributed by atoms with Gasteiger partial charge in [0.2, 0.25) is 0 Å². The van der Waals surface area contributed by atoms with Crippen LogP contribution in [0.3, 0.4) is 0 Å². The van der Waals surface area contributed by atoms with E-state index in [9.17, 15) is 4.21 Å². The van der Waals surface area contributed by atoms with Crippen LogP contribution < -0.4 is 0 Å². The van der Waals surface area contributed by atoms with Crippen molar-refractivity contribution in [2.75, 3.05) is 0 Å². The Morgan fingerprint density at radius 3 is 2.24 bits per heavy atom. The van der Waals surface area contributed by atoms with Gasteiger partial charge in [-0.1, -0.05) is 0 Å². The third kappa shape index (κ3) is 4.14. The Bertz CT molecular complexity index is 381. The van der Waals surface area contributed by atoms with Crippen molar-refractivity contribution in [3.05, 3.63) is 23.8 Å². The van der Waals surface area contributed by atoms with Gasteiger partial charge >= 0.3 is 0 Å². The highest BCUT2D eigenvalue weighted by atomic mass is 32.2. The molecule has 6 heteroatoms. The molecule has 0 saturated heterocycles. The van der Waals surface area contributed by atoms with Crippen molar-refractivity contribution in [3.8, 4) is 0 Å². The zero-order chi connectivity index (χ0) is 13.0. The summed E-state index contributed by atoms with van der Waals surface area (Å²) in [5.41, 5.74) is 0.940. The number of nitrogens with zero attached hydrogens (tertiary/aromatic N) is 2. The third-order valence-corrected chi connectivity index (χ3v) is 3.10. The average Bonchev–Trinajstić information content (AvgIpc) is 2.26. The first kappa shape index (κ1) is 14.2. The molecule has 1 heterocycles. The summed E-state index contributed by atoms with van der Waals surface area (Å²) in [4.78, 5) is 8.31. The van der Waals surface area contributed by atoms with E-state index in [0.717, 1.165) is 5.56 Å². The summed E-state index contributed by atoms with van der Waals surface area (Å²) < 4.78 is 25.9. The molecule has 0 bridgehead atoms. The minimum absolute atomic E-state index is 0.0593. The van der Waals surface area contributed by atoms with E-state index >= 15 is 0 Å². The second-order valence-electron chi connectivity index (χ2n) is 4.21. The van der Waals surface area contributed by atoms with Gasteiger partial charge in [0.15, 0.2) is 16.9 Å². The summed E-state index contributed by atoms with van der Waals surface area (Å²) >= 11 is -1.97. The topological polar surface area (TPSA) is 72.3 Å². The van der Waals surface area contributed by atoms with Crippen molar-refractivity contribution in [1.82, 2.24) is 9.97 Å². The SMILES string of the molecule is Cc1cnc([C@@H](OC(C)C)[C@H](C)S(=O)O)nc1. The maximum absolute atomic E-state index is 11.1. The largest absolute Gasteiger partial charge is 0.366 e. The van der Waals surface area contributed by atoms with Gasteiger partial charge in [-0.3, -0.25) is 0 Å². The van der Waals surface area contributed by atoms with Gasteiger partial charge in [-0.15, -0.1) is 0 Å². The van der Waals surface area contributed by atoms with E-state index < -0.39 is 22.4 Å². The first-order chi connectivity index (χ1) is 7.91. The van der Waals surface area contributed by atoms with Gasteiger partial charge in [0, 0.05) is 12.4 Å². The van der Waals surface area contributed by atoms with Gasteiger partial charge in [-0.25, -0.2) is 14.2 Å². The first-order valence-electron chi connectivity index (χ1n) is 5.45. The summed E-state index contributed by atoms with van der Waals surface area (Å²) in [5.74, 6) is 0.444. The average molecular weight is 258 g/mol. The maximum atomic E-state index is 11.1. The van der Waals surface area contributed by atoms with Gasteiger partial charge < -0.3 is 9.29 Å². The van der Waals surface area contributed by atoms with Crippen LogP contribution in [0.15, 0.2) is 12.4 Å². The van der Waals surface area contributed by atoms with Crippen LogP contribution in [0.4, 0.5) is 0 Å². The maximum Gasteiger partial charge on any atom is 0.158 e. The molecular weight excluding hydrogens is 240 g/mol. The number of hydrogen-bond acceptors (Lipinski definition) is 4. The highest BCUT2D eigenvalue weighted by Gasteiger charge is 2.27. The van der Waals surface area contributed by atoms with Crippen LogP contribution in [0.25, 0.3) is 0 Å². The van der Waals surface area contributed by atoms with Crippen LogP contribution >= 0.6 is 0 Å². The monoisotopic (exact) mass is 258 g/mol. The molecule has 17 heavy (non-hydrogen) atoms. The van der Waals surface area contributed by atoms with Crippen LogP contribution in [0.2, 0.25) is 0 Å². The Morgan fingerprint density at radius 1 is 1.29 bits per heavy atom. The van der Waals surface area contributed by atoms with E-state index in [-0.39, 0.29) is 6.10 Å². The van der Waals surface area contributed by atoms with Crippen molar-refractivity contribution in [3.63, 3.8) is 0 Å². The molecule has 0 spiro atoms. The smallest absolute Gasteiger partial charge is 0.158 e. The van der Waals surface area contributed by atoms with E-state index in [0.29, 0.717) is 5.82 Å².